The number of carbonyl (C=O) groups excluding carboxylic acids is 2. The highest BCUT2D eigenvalue weighted by Crippen LogP contribution is 2.60. The number of unbranched alkanes of at least 4 members (excludes halogenated alkanes) is 27. The van der Waals surface area contributed by atoms with E-state index in [-0.39, 0.29) is 18.7 Å². The van der Waals surface area contributed by atoms with E-state index in [9.17, 15) is 43.5 Å². The average Bonchev–Trinajstić information content (AvgIpc) is 3.60. The van der Waals surface area contributed by atoms with E-state index in [2.05, 4.69) is 37.0 Å². The first-order valence-corrected chi connectivity index (χ1v) is 31.3. The first kappa shape index (κ1) is 66.9. The molecule has 20 heteroatoms. The second-order valence-electron chi connectivity index (χ2n) is 21.1. The Labute approximate surface area is 438 Å². The highest BCUT2D eigenvalue weighted by Gasteiger charge is 2.46. The molecule has 7 atom stereocenters. The maximum absolute atomic E-state index is 12.9. The van der Waals surface area contributed by atoms with Gasteiger partial charge in [0.1, 0.15) is 30.7 Å². The molecule has 2 heterocycles. The van der Waals surface area contributed by atoms with Gasteiger partial charge in [-0.3, -0.25) is 23.2 Å². The van der Waals surface area contributed by atoms with Crippen LogP contribution in [0.25, 0.3) is 0 Å². The summed E-state index contributed by atoms with van der Waals surface area (Å²) in [6.07, 6.45) is 30.4. The molecule has 3 unspecified atom stereocenters. The predicted octanol–water partition coefficient (Wildman–Crippen LogP) is 12.3. The highest BCUT2D eigenvalue weighted by molar-refractivity contribution is 7.61. The van der Waals surface area contributed by atoms with Gasteiger partial charge in [0, 0.05) is 19.0 Å². The number of carbonyl (C=O) groups is 2. The molecule has 6 N–H and O–H groups in total. The SMILES string of the molecule is CC(C)CCCCCCCCCCCCCCCCCCC(=O)O[C@H](COC(=O)CCCCCCCCCCCCCCCC(C)C)COP(=O)(O)OP(=O)(O)OC[C@H]1O[C@@H](n2ccc(N)nc2=O)C(O)[C@H]1O. The number of hydrogen-bond donors (Lipinski definition) is 5. The molecule has 0 bridgehead atoms. The monoisotopic (exact) mass is 1080 g/mol. The van der Waals surface area contributed by atoms with E-state index in [1.165, 1.54) is 147 Å². The fraction of sp³-hybridized carbons (Fsp3) is 0.887. The second-order valence-corrected chi connectivity index (χ2v) is 24.2. The zero-order chi connectivity index (χ0) is 53.7. The Hall–Kier alpha value is -2.24. The molecule has 73 heavy (non-hydrogen) atoms. The third kappa shape index (κ3) is 34.2. The summed E-state index contributed by atoms with van der Waals surface area (Å²) in [6.45, 7) is 6.86. The fourth-order valence-electron chi connectivity index (χ4n) is 8.92. The summed E-state index contributed by atoms with van der Waals surface area (Å²) in [5, 5.41) is 20.9. The van der Waals surface area contributed by atoms with Crippen molar-refractivity contribution in [1.29, 1.82) is 0 Å². The van der Waals surface area contributed by atoms with Gasteiger partial charge < -0.3 is 39.9 Å². The van der Waals surface area contributed by atoms with Crippen LogP contribution in [-0.4, -0.2) is 85.7 Å². The van der Waals surface area contributed by atoms with Crippen LogP contribution in [0.3, 0.4) is 0 Å². The van der Waals surface area contributed by atoms with Gasteiger partial charge in [-0.2, -0.15) is 9.29 Å². The lowest BCUT2D eigenvalue weighted by molar-refractivity contribution is -0.161. The summed E-state index contributed by atoms with van der Waals surface area (Å²) in [5.41, 5.74) is 4.60. The maximum atomic E-state index is 12.9. The van der Waals surface area contributed by atoms with E-state index in [1.807, 2.05) is 0 Å². The molecular formula is C53H99N3O15P2. The third-order valence-corrected chi connectivity index (χ3v) is 15.9. The molecule has 426 valence electrons. The number of esters is 2. The third-order valence-electron chi connectivity index (χ3n) is 13.3. The van der Waals surface area contributed by atoms with Gasteiger partial charge in [-0.1, -0.05) is 214 Å². The minimum atomic E-state index is -5.42. The van der Waals surface area contributed by atoms with Gasteiger partial charge in [-0.15, -0.1) is 0 Å². The van der Waals surface area contributed by atoms with Crippen molar-refractivity contribution in [2.75, 3.05) is 25.6 Å². The Balaban J connectivity index is 1.75. The number of anilines is 1. The minimum Gasteiger partial charge on any atom is -0.462 e. The topological polar surface area (TPSA) is 265 Å². The predicted molar refractivity (Wildman–Crippen MR) is 284 cm³/mol. The van der Waals surface area contributed by atoms with Gasteiger partial charge in [-0.25, -0.2) is 13.9 Å². The quantitative estimate of drug-likeness (QED) is 0.0231. The van der Waals surface area contributed by atoms with Crippen LogP contribution in [0.1, 0.15) is 246 Å². The van der Waals surface area contributed by atoms with E-state index < -0.39 is 83.7 Å². The van der Waals surface area contributed by atoms with E-state index in [4.69, 9.17) is 29.0 Å². The van der Waals surface area contributed by atoms with Gasteiger partial charge in [0.25, 0.3) is 0 Å². The Kier molecular flexibility index (Phi) is 36.7. The summed E-state index contributed by atoms with van der Waals surface area (Å²) in [4.78, 5) is 62.1. The Morgan fingerprint density at radius 2 is 1.01 bits per heavy atom. The van der Waals surface area contributed by atoms with Crippen molar-refractivity contribution in [3.8, 4) is 0 Å². The molecule has 1 saturated heterocycles. The largest absolute Gasteiger partial charge is 0.481 e. The lowest BCUT2D eigenvalue weighted by Gasteiger charge is -2.21. The smallest absolute Gasteiger partial charge is 0.462 e. The van der Waals surface area contributed by atoms with Gasteiger partial charge >= 0.3 is 33.3 Å². The minimum absolute atomic E-state index is 0.0576. The maximum Gasteiger partial charge on any atom is 0.481 e. The zero-order valence-corrected chi connectivity index (χ0v) is 47.1. The molecule has 0 aromatic carbocycles. The normalized spacial score (nSPS) is 19.0. The summed E-state index contributed by atoms with van der Waals surface area (Å²) in [6, 6.07) is 1.25. The average molecular weight is 1080 g/mol. The van der Waals surface area contributed by atoms with Crippen LogP contribution in [0.4, 0.5) is 5.82 Å². The molecule has 1 aromatic heterocycles. The number of phosphoric ester groups is 2. The van der Waals surface area contributed by atoms with Gasteiger partial charge in [0.05, 0.1) is 13.2 Å². The van der Waals surface area contributed by atoms with Crippen LogP contribution in [0.15, 0.2) is 17.1 Å². The van der Waals surface area contributed by atoms with Gasteiger partial charge in [-0.05, 0) is 30.7 Å². The molecule has 1 aliphatic rings. The first-order chi connectivity index (χ1) is 34.9. The Morgan fingerprint density at radius 1 is 0.616 bits per heavy atom. The Bertz CT molecular complexity index is 1750. The van der Waals surface area contributed by atoms with Crippen LogP contribution in [-0.2, 0) is 46.3 Å². The summed E-state index contributed by atoms with van der Waals surface area (Å²) in [5.74, 6) is 0.325. The molecule has 0 aliphatic carbocycles. The molecule has 0 spiro atoms. The summed E-state index contributed by atoms with van der Waals surface area (Å²) in [7, 11) is -10.8. The molecule has 1 fully saturated rings. The molecule has 2 rings (SSSR count). The first-order valence-electron chi connectivity index (χ1n) is 28.3. The number of rotatable bonds is 47. The summed E-state index contributed by atoms with van der Waals surface area (Å²) < 4.78 is 57.0. The number of phosphoric acid groups is 2. The number of hydrogen-bond acceptors (Lipinski definition) is 15. The number of nitrogen functional groups attached to an aromatic ring is 1. The summed E-state index contributed by atoms with van der Waals surface area (Å²) >= 11 is 0. The number of nitrogens with zero attached hydrogens (tertiary/aromatic N) is 2. The number of ether oxygens (including phenoxy) is 3. The van der Waals surface area contributed by atoms with Gasteiger partial charge in [0.15, 0.2) is 12.3 Å². The van der Waals surface area contributed by atoms with E-state index in [0.717, 1.165) is 67.8 Å². The number of aliphatic hydroxyl groups excluding tert-OH is 2. The van der Waals surface area contributed by atoms with Gasteiger partial charge in [0.2, 0.25) is 0 Å². The van der Waals surface area contributed by atoms with Crippen molar-refractivity contribution in [1.82, 2.24) is 9.55 Å². The van der Waals surface area contributed by atoms with E-state index in [1.54, 1.807) is 0 Å². The molecule has 1 aliphatic heterocycles. The van der Waals surface area contributed by atoms with Crippen LogP contribution in [0.5, 0.6) is 0 Å². The standard InChI is InChI=1S/C53H99N3O15P2/c1-43(2)34-30-26-22-18-14-10-7-5-6-8-12-17-21-25-29-33-37-49(58)69-45(40-66-48(57)36-32-28-24-20-16-13-9-11-15-19-23-27-31-35-44(3)4)41-67-72(62,63)71-73(64,65)68-42-46-50(59)51(60)52(70-46)56-39-38-47(54)55-53(56)61/h38-39,43-46,50-52,59-60H,5-37,40-42H2,1-4H3,(H,62,63)(H,64,65)(H2,54,55,61)/t45-,46-,50+,51?,52-/m1/s1. The lowest BCUT2D eigenvalue weighted by Crippen LogP contribution is -2.36. The molecule has 0 radical (unpaired) electrons. The highest BCUT2D eigenvalue weighted by atomic mass is 31.3. The van der Waals surface area contributed by atoms with Crippen LogP contribution < -0.4 is 11.4 Å². The molecule has 1 aromatic rings. The molecular weight excluding hydrogens is 981 g/mol. The van der Waals surface area contributed by atoms with Crippen LogP contribution >= 0.6 is 15.6 Å². The Morgan fingerprint density at radius 3 is 1.44 bits per heavy atom. The van der Waals surface area contributed by atoms with Crippen molar-refractivity contribution >= 4 is 33.4 Å². The molecule has 18 nitrogen and oxygen atoms in total. The van der Waals surface area contributed by atoms with Crippen molar-refractivity contribution < 1.29 is 66.3 Å². The van der Waals surface area contributed by atoms with Crippen molar-refractivity contribution in [2.45, 2.75) is 270 Å². The molecule has 0 amide bonds. The van der Waals surface area contributed by atoms with Crippen LogP contribution in [0.2, 0.25) is 0 Å². The number of aliphatic hydroxyl groups is 2. The van der Waals surface area contributed by atoms with Crippen molar-refractivity contribution in [3.63, 3.8) is 0 Å². The number of nitrogens with two attached hydrogens (primary N) is 1. The van der Waals surface area contributed by atoms with E-state index >= 15 is 0 Å². The van der Waals surface area contributed by atoms with E-state index in [0.29, 0.717) is 12.8 Å². The van der Waals surface area contributed by atoms with Crippen LogP contribution in [0, 0.1) is 11.8 Å². The van der Waals surface area contributed by atoms with Crippen molar-refractivity contribution in [2.24, 2.45) is 11.8 Å². The van der Waals surface area contributed by atoms with Crippen molar-refractivity contribution in [3.05, 3.63) is 22.7 Å². The second kappa shape index (κ2) is 40.0. The lowest BCUT2D eigenvalue weighted by atomic mass is 10.0. The number of aromatic nitrogens is 2. The molecule has 0 saturated carbocycles. The fourth-order valence-corrected chi connectivity index (χ4v) is 11.0. The zero-order valence-electron chi connectivity index (χ0n) is 45.3.